The molecule has 3 nitrogen and oxygen atoms in total. The van der Waals surface area contributed by atoms with Crippen LogP contribution >= 0.6 is 0 Å². The Morgan fingerprint density at radius 2 is 2.00 bits per heavy atom. The third kappa shape index (κ3) is 2.95. The van der Waals surface area contributed by atoms with E-state index in [1.165, 1.54) is 0 Å². The minimum atomic E-state index is -0.468. The van der Waals surface area contributed by atoms with Gasteiger partial charge in [0.1, 0.15) is 0 Å². The van der Waals surface area contributed by atoms with Crippen molar-refractivity contribution in [2.24, 2.45) is 10.8 Å². The van der Waals surface area contributed by atoms with E-state index in [1.807, 2.05) is 20.8 Å². The summed E-state index contributed by atoms with van der Waals surface area (Å²) in [4.78, 5) is 11.9. The van der Waals surface area contributed by atoms with E-state index in [0.717, 1.165) is 25.7 Å². The maximum absolute atomic E-state index is 11.9. The van der Waals surface area contributed by atoms with E-state index in [2.05, 4.69) is 11.4 Å². The molecule has 0 atom stereocenters. The van der Waals surface area contributed by atoms with Gasteiger partial charge in [0.15, 0.2) is 0 Å². The zero-order chi connectivity index (χ0) is 11.5. The van der Waals surface area contributed by atoms with E-state index in [1.54, 1.807) is 0 Å². The van der Waals surface area contributed by atoms with E-state index in [9.17, 15) is 4.79 Å². The predicted molar refractivity (Wildman–Crippen MR) is 59.0 cm³/mol. The summed E-state index contributed by atoms with van der Waals surface area (Å²) in [5.74, 6) is 0.114. The monoisotopic (exact) mass is 208 g/mol. The van der Waals surface area contributed by atoms with Crippen LogP contribution in [0.15, 0.2) is 0 Å². The molecule has 0 aromatic carbocycles. The lowest BCUT2D eigenvalue weighted by molar-refractivity contribution is -0.130. The van der Waals surface area contributed by atoms with Gasteiger partial charge in [-0.3, -0.25) is 4.79 Å². The van der Waals surface area contributed by atoms with Crippen molar-refractivity contribution in [3.8, 4) is 6.07 Å². The molecule has 1 rings (SSSR count). The van der Waals surface area contributed by atoms with Gasteiger partial charge in [-0.15, -0.1) is 0 Å². The highest BCUT2D eigenvalue weighted by molar-refractivity contribution is 5.82. The molecule has 1 saturated carbocycles. The van der Waals surface area contributed by atoms with Gasteiger partial charge < -0.3 is 5.32 Å². The molecule has 0 bridgehead atoms. The molecular formula is C12H20N2O. The first kappa shape index (κ1) is 12.0. The first-order valence-electron chi connectivity index (χ1n) is 5.59. The number of hydrogen-bond acceptors (Lipinski definition) is 2. The second-order valence-corrected chi connectivity index (χ2v) is 5.45. The highest BCUT2D eigenvalue weighted by atomic mass is 16.2. The summed E-state index contributed by atoms with van der Waals surface area (Å²) in [6, 6.07) is 2.19. The van der Waals surface area contributed by atoms with E-state index >= 15 is 0 Å². The van der Waals surface area contributed by atoms with Crippen molar-refractivity contribution in [2.75, 3.05) is 6.54 Å². The molecule has 0 radical (unpaired) electrons. The van der Waals surface area contributed by atoms with Crippen LogP contribution in [0.3, 0.4) is 0 Å². The lowest BCUT2D eigenvalue weighted by atomic mass is 9.87. The topological polar surface area (TPSA) is 52.9 Å². The maximum Gasteiger partial charge on any atom is 0.225 e. The molecule has 1 fully saturated rings. The van der Waals surface area contributed by atoms with Crippen molar-refractivity contribution in [2.45, 2.75) is 46.5 Å². The third-order valence-corrected chi connectivity index (χ3v) is 3.25. The lowest BCUT2D eigenvalue weighted by Gasteiger charge is -2.24. The molecule has 0 aromatic rings. The van der Waals surface area contributed by atoms with Crippen molar-refractivity contribution in [1.29, 1.82) is 5.26 Å². The molecule has 0 aliphatic heterocycles. The Morgan fingerprint density at radius 1 is 1.47 bits per heavy atom. The van der Waals surface area contributed by atoms with Gasteiger partial charge in [-0.2, -0.15) is 5.26 Å². The van der Waals surface area contributed by atoms with Crippen LogP contribution in [0.4, 0.5) is 0 Å². The molecule has 0 aromatic heterocycles. The Morgan fingerprint density at radius 3 is 2.47 bits per heavy atom. The second kappa shape index (κ2) is 4.22. The standard InChI is InChI=1S/C12H20N2O/c1-11(2,8-13)9-14-10(15)12(3)6-4-5-7-12/h4-7,9H2,1-3H3,(H,14,15). The first-order valence-corrected chi connectivity index (χ1v) is 5.59. The van der Waals surface area contributed by atoms with E-state index in [-0.39, 0.29) is 11.3 Å². The molecule has 1 aliphatic rings. The zero-order valence-electron chi connectivity index (χ0n) is 9.89. The molecule has 15 heavy (non-hydrogen) atoms. The van der Waals surface area contributed by atoms with Crippen LogP contribution < -0.4 is 5.32 Å². The maximum atomic E-state index is 11.9. The molecular weight excluding hydrogens is 188 g/mol. The van der Waals surface area contributed by atoms with E-state index in [4.69, 9.17) is 5.26 Å². The fraction of sp³-hybridized carbons (Fsp3) is 0.833. The average Bonchev–Trinajstić information content (AvgIpc) is 2.63. The highest BCUT2D eigenvalue weighted by Gasteiger charge is 2.36. The van der Waals surface area contributed by atoms with Crippen molar-refractivity contribution in [3.63, 3.8) is 0 Å². The van der Waals surface area contributed by atoms with Crippen LogP contribution in [0.5, 0.6) is 0 Å². The van der Waals surface area contributed by atoms with Gasteiger partial charge >= 0.3 is 0 Å². The lowest BCUT2D eigenvalue weighted by Crippen LogP contribution is -2.41. The smallest absolute Gasteiger partial charge is 0.225 e. The summed E-state index contributed by atoms with van der Waals surface area (Å²) in [6.45, 7) is 6.14. The third-order valence-electron chi connectivity index (χ3n) is 3.25. The fourth-order valence-electron chi connectivity index (χ4n) is 1.94. The number of amides is 1. The van der Waals surface area contributed by atoms with Gasteiger partial charge in [0.05, 0.1) is 11.5 Å². The minimum Gasteiger partial charge on any atom is -0.354 e. The Bertz CT molecular complexity index is 282. The predicted octanol–water partition coefficient (Wildman–Crippen LogP) is 2.23. The number of carbonyl (C=O) groups excluding carboxylic acids is 1. The summed E-state index contributed by atoms with van der Waals surface area (Å²) >= 11 is 0. The van der Waals surface area contributed by atoms with Gasteiger partial charge in [0.2, 0.25) is 5.91 Å². The Kier molecular flexibility index (Phi) is 3.38. The molecule has 1 N–H and O–H groups in total. The number of rotatable bonds is 3. The summed E-state index contributed by atoms with van der Waals surface area (Å²) in [5, 5.41) is 11.7. The van der Waals surface area contributed by atoms with Gasteiger partial charge in [-0.1, -0.05) is 19.8 Å². The first-order chi connectivity index (χ1) is 6.90. The molecule has 84 valence electrons. The van der Waals surface area contributed by atoms with Gasteiger partial charge in [0, 0.05) is 12.0 Å². The van der Waals surface area contributed by atoms with Gasteiger partial charge in [0.25, 0.3) is 0 Å². The number of nitrogens with one attached hydrogen (secondary N) is 1. The van der Waals surface area contributed by atoms with Crippen LogP contribution in [0.2, 0.25) is 0 Å². The highest BCUT2D eigenvalue weighted by Crippen LogP contribution is 2.37. The molecule has 1 aliphatic carbocycles. The van der Waals surface area contributed by atoms with Gasteiger partial charge in [-0.05, 0) is 26.7 Å². The van der Waals surface area contributed by atoms with E-state index < -0.39 is 5.41 Å². The molecule has 0 spiro atoms. The number of nitrogens with zero attached hydrogens (tertiary/aromatic N) is 1. The number of nitriles is 1. The minimum absolute atomic E-state index is 0.114. The second-order valence-electron chi connectivity index (χ2n) is 5.45. The normalized spacial score (nSPS) is 19.6. The summed E-state index contributed by atoms with van der Waals surface area (Å²) < 4.78 is 0. The fourth-order valence-corrected chi connectivity index (χ4v) is 1.94. The van der Waals surface area contributed by atoms with Gasteiger partial charge in [-0.25, -0.2) is 0 Å². The van der Waals surface area contributed by atoms with Crippen LogP contribution in [0.1, 0.15) is 46.5 Å². The average molecular weight is 208 g/mol. The zero-order valence-corrected chi connectivity index (χ0v) is 9.89. The Labute approximate surface area is 91.9 Å². The van der Waals surface area contributed by atoms with Crippen LogP contribution in [-0.2, 0) is 4.79 Å². The van der Waals surface area contributed by atoms with Crippen molar-refractivity contribution < 1.29 is 4.79 Å². The summed E-state index contributed by atoms with van der Waals surface area (Å²) in [6.07, 6.45) is 4.24. The molecule has 0 heterocycles. The Balaban J connectivity index is 2.47. The van der Waals surface area contributed by atoms with Crippen LogP contribution in [0.25, 0.3) is 0 Å². The number of carbonyl (C=O) groups is 1. The Hall–Kier alpha value is -1.04. The molecule has 1 amide bonds. The van der Waals surface area contributed by atoms with E-state index in [0.29, 0.717) is 6.54 Å². The molecule has 0 unspecified atom stereocenters. The number of hydrogen-bond donors (Lipinski definition) is 1. The van der Waals surface area contributed by atoms with Crippen LogP contribution in [0, 0.1) is 22.2 Å². The van der Waals surface area contributed by atoms with Crippen molar-refractivity contribution in [3.05, 3.63) is 0 Å². The van der Waals surface area contributed by atoms with Crippen molar-refractivity contribution >= 4 is 5.91 Å². The molecule has 3 heteroatoms. The van der Waals surface area contributed by atoms with Crippen LogP contribution in [-0.4, -0.2) is 12.5 Å². The largest absolute Gasteiger partial charge is 0.354 e. The summed E-state index contributed by atoms with van der Waals surface area (Å²) in [5.41, 5.74) is -0.657. The quantitative estimate of drug-likeness (QED) is 0.773. The van der Waals surface area contributed by atoms with Crippen molar-refractivity contribution in [1.82, 2.24) is 5.32 Å². The SMILES string of the molecule is CC(C)(C#N)CNC(=O)C1(C)CCCC1. The molecule has 0 saturated heterocycles. The summed E-state index contributed by atoms with van der Waals surface area (Å²) in [7, 11) is 0.